The number of aryl methyl sites for hydroxylation is 1. The molecule has 0 spiro atoms. The first-order chi connectivity index (χ1) is 26.1. The van der Waals surface area contributed by atoms with Crippen molar-refractivity contribution in [2.24, 2.45) is 5.92 Å². The highest BCUT2D eigenvalue weighted by atomic mass is 32.2. The number of aliphatic hydroxyl groups is 1. The lowest BCUT2D eigenvalue weighted by Crippen LogP contribution is -2.45. The number of hydrogen-bond acceptors (Lipinski definition) is 8. The van der Waals surface area contributed by atoms with Gasteiger partial charge in [-0.2, -0.15) is 4.72 Å². The fourth-order valence-electron chi connectivity index (χ4n) is 6.58. The second-order valence-corrected chi connectivity index (χ2v) is 15.7. The van der Waals surface area contributed by atoms with Gasteiger partial charge in [0.05, 0.1) is 23.7 Å². The number of carbonyl (C=O) groups is 1. The van der Waals surface area contributed by atoms with Crippen molar-refractivity contribution in [3.05, 3.63) is 161 Å². The van der Waals surface area contributed by atoms with Gasteiger partial charge in [0.25, 0.3) is 0 Å². The van der Waals surface area contributed by atoms with Crippen molar-refractivity contribution in [1.29, 1.82) is 0 Å². The highest BCUT2D eigenvalue weighted by Crippen LogP contribution is 2.42. The summed E-state index contributed by atoms with van der Waals surface area (Å²) >= 11 is 0. The number of rotatable bonds is 15. The minimum Gasteiger partial charge on any atom is -0.392 e. The average molecular weight is 749 g/mol. The van der Waals surface area contributed by atoms with Gasteiger partial charge in [0, 0.05) is 48.6 Å². The van der Waals surface area contributed by atoms with Crippen molar-refractivity contribution in [2.75, 3.05) is 25.5 Å². The smallest absolute Gasteiger partial charge is 0.242 e. The molecule has 10 nitrogen and oxygen atoms in total. The number of aliphatic hydroxyl groups excluding tert-OH is 1. The van der Waals surface area contributed by atoms with Crippen molar-refractivity contribution in [2.45, 2.75) is 62.7 Å². The molecule has 5 atom stereocenters. The average Bonchev–Trinajstić information content (AvgIpc) is 3.18. The maximum atomic E-state index is 13.9. The summed E-state index contributed by atoms with van der Waals surface area (Å²) in [7, 11) is -1.94. The van der Waals surface area contributed by atoms with Gasteiger partial charge in [-0.25, -0.2) is 8.42 Å². The Kier molecular flexibility index (Phi) is 13.0. The molecule has 54 heavy (non-hydrogen) atoms. The molecule has 1 aliphatic rings. The van der Waals surface area contributed by atoms with E-state index in [-0.39, 0.29) is 36.0 Å². The SMILES string of the molecule is Cc1ccc(S(=O)(=O)N[C@H](Cc2ccccc2)C(=O)Nc2cccc([C@H]3O[C@@H](CN(C)CCc4ccccn4)[C@@H](C)[C@@H](c4ccc(CO)cc4)O3)c2)cc1. The summed E-state index contributed by atoms with van der Waals surface area (Å²) in [5.74, 6) is -0.512. The van der Waals surface area contributed by atoms with Crippen LogP contribution < -0.4 is 10.0 Å². The van der Waals surface area contributed by atoms with Crippen LogP contribution in [0, 0.1) is 12.8 Å². The van der Waals surface area contributed by atoms with E-state index in [1.165, 1.54) is 12.1 Å². The van der Waals surface area contributed by atoms with Gasteiger partial charge < -0.3 is 24.8 Å². The summed E-state index contributed by atoms with van der Waals surface area (Å²) in [6.07, 6.45) is 1.49. The number of ether oxygens (including phenoxy) is 2. The van der Waals surface area contributed by atoms with Crippen LogP contribution in [-0.4, -0.2) is 61.6 Å². The van der Waals surface area contributed by atoms with E-state index in [0.29, 0.717) is 17.8 Å². The Labute approximate surface area is 318 Å². The van der Waals surface area contributed by atoms with Crippen LogP contribution >= 0.6 is 0 Å². The number of hydrogen-bond donors (Lipinski definition) is 3. The van der Waals surface area contributed by atoms with Crippen LogP contribution in [0.25, 0.3) is 0 Å². The lowest BCUT2D eigenvalue weighted by molar-refractivity contribution is -0.275. The molecule has 1 fully saturated rings. The van der Waals surface area contributed by atoms with Gasteiger partial charge in [0.15, 0.2) is 6.29 Å². The molecule has 6 rings (SSSR count). The first-order valence-corrected chi connectivity index (χ1v) is 19.7. The molecule has 2 heterocycles. The van der Waals surface area contributed by atoms with E-state index in [0.717, 1.165) is 40.9 Å². The Hall–Kier alpha value is -4.75. The predicted octanol–water partition coefficient (Wildman–Crippen LogP) is 6.38. The van der Waals surface area contributed by atoms with E-state index in [1.807, 2.05) is 91.9 Å². The zero-order chi connectivity index (χ0) is 38.1. The molecule has 1 amide bonds. The molecule has 0 saturated carbocycles. The number of amides is 1. The number of nitrogens with one attached hydrogen (secondary N) is 2. The molecule has 0 bridgehead atoms. The summed E-state index contributed by atoms with van der Waals surface area (Å²) in [5, 5.41) is 12.6. The van der Waals surface area contributed by atoms with Crippen LogP contribution in [0.15, 0.2) is 132 Å². The third-order valence-electron chi connectivity index (χ3n) is 9.74. The molecule has 4 aromatic carbocycles. The number of pyridine rings is 1. The van der Waals surface area contributed by atoms with E-state index in [4.69, 9.17) is 9.47 Å². The molecule has 1 saturated heterocycles. The van der Waals surface area contributed by atoms with Crippen LogP contribution in [0.3, 0.4) is 0 Å². The molecule has 0 aliphatic carbocycles. The Balaban J connectivity index is 1.22. The third kappa shape index (κ3) is 10.3. The highest BCUT2D eigenvalue weighted by Gasteiger charge is 2.39. The second-order valence-electron chi connectivity index (χ2n) is 13.9. The van der Waals surface area contributed by atoms with Gasteiger partial charge >= 0.3 is 0 Å². The number of aromatic nitrogens is 1. The normalized spacial score (nSPS) is 19.4. The number of sulfonamides is 1. The molecular formula is C43H48N4O6S. The third-order valence-corrected chi connectivity index (χ3v) is 11.2. The standard InChI is InChI=1S/C43H48N4O6S/c1-30-15-21-38(22-16-30)54(50,51)46-39(26-32-10-5-4-6-11-32)42(49)45-37-14-9-12-35(27-37)43-52-40(28-47(3)25-23-36-13-7-8-24-44-36)31(2)41(53-43)34-19-17-33(29-48)18-20-34/h4-22,24,27,31,39-41,43,46,48H,23,25-26,28-29H2,1-3H3,(H,45,49)/t31-,39-,40+,41+,43+/m1/s1. The molecule has 1 aromatic heterocycles. The lowest BCUT2D eigenvalue weighted by atomic mass is 9.90. The minimum absolute atomic E-state index is 0.0123. The molecule has 282 valence electrons. The van der Waals surface area contributed by atoms with Gasteiger partial charge in [-0.05, 0) is 73.5 Å². The largest absolute Gasteiger partial charge is 0.392 e. The number of anilines is 1. The van der Waals surface area contributed by atoms with Crippen LogP contribution in [0.1, 0.15) is 52.8 Å². The van der Waals surface area contributed by atoms with Crippen molar-refractivity contribution in [3.63, 3.8) is 0 Å². The van der Waals surface area contributed by atoms with E-state index in [1.54, 1.807) is 30.5 Å². The molecule has 0 radical (unpaired) electrons. The summed E-state index contributed by atoms with van der Waals surface area (Å²) in [5.41, 5.74) is 5.74. The van der Waals surface area contributed by atoms with Crippen LogP contribution in [0.4, 0.5) is 5.69 Å². The van der Waals surface area contributed by atoms with E-state index in [9.17, 15) is 18.3 Å². The Morgan fingerprint density at radius 2 is 1.61 bits per heavy atom. The molecule has 1 aliphatic heterocycles. The van der Waals surface area contributed by atoms with Crippen molar-refractivity contribution < 1.29 is 27.8 Å². The van der Waals surface area contributed by atoms with E-state index < -0.39 is 28.3 Å². The quantitative estimate of drug-likeness (QED) is 0.113. The van der Waals surface area contributed by atoms with Crippen molar-refractivity contribution in [1.82, 2.24) is 14.6 Å². The van der Waals surface area contributed by atoms with Crippen LogP contribution in [0.5, 0.6) is 0 Å². The fourth-order valence-corrected chi connectivity index (χ4v) is 7.78. The number of carbonyl (C=O) groups excluding carboxylic acids is 1. The fraction of sp³-hybridized carbons (Fsp3) is 0.302. The molecule has 11 heteroatoms. The summed E-state index contributed by atoms with van der Waals surface area (Å²) in [6.45, 7) is 5.41. The van der Waals surface area contributed by atoms with Gasteiger partial charge in [-0.15, -0.1) is 0 Å². The predicted molar refractivity (Wildman–Crippen MR) is 209 cm³/mol. The Morgan fingerprint density at radius 1 is 0.870 bits per heavy atom. The van der Waals surface area contributed by atoms with Gasteiger partial charge in [0.2, 0.25) is 15.9 Å². The second kappa shape index (κ2) is 18.1. The topological polar surface area (TPSA) is 130 Å². The van der Waals surface area contributed by atoms with Crippen molar-refractivity contribution >= 4 is 21.6 Å². The van der Waals surface area contributed by atoms with Gasteiger partial charge in [-0.1, -0.05) is 97.4 Å². The summed E-state index contributed by atoms with van der Waals surface area (Å²) in [6, 6.07) is 35.7. The maximum absolute atomic E-state index is 13.9. The minimum atomic E-state index is -4.01. The lowest BCUT2D eigenvalue weighted by Gasteiger charge is -2.42. The van der Waals surface area contributed by atoms with Crippen LogP contribution in [0.2, 0.25) is 0 Å². The zero-order valence-electron chi connectivity index (χ0n) is 30.8. The summed E-state index contributed by atoms with van der Waals surface area (Å²) in [4.78, 5) is 20.7. The maximum Gasteiger partial charge on any atom is 0.242 e. The molecule has 3 N–H and O–H groups in total. The zero-order valence-corrected chi connectivity index (χ0v) is 31.7. The molecule has 0 unspecified atom stereocenters. The molecule has 5 aromatic rings. The Bertz CT molecular complexity index is 2070. The van der Waals surface area contributed by atoms with E-state index >= 15 is 0 Å². The van der Waals surface area contributed by atoms with Gasteiger partial charge in [0.1, 0.15) is 6.04 Å². The van der Waals surface area contributed by atoms with Crippen LogP contribution in [-0.2, 0) is 43.7 Å². The number of nitrogens with zero attached hydrogens (tertiary/aromatic N) is 2. The highest BCUT2D eigenvalue weighted by molar-refractivity contribution is 7.89. The molecular weight excluding hydrogens is 701 g/mol. The first kappa shape index (κ1) is 39.0. The monoisotopic (exact) mass is 748 g/mol. The summed E-state index contributed by atoms with van der Waals surface area (Å²) < 4.78 is 42.9. The number of likely N-dealkylation sites (N-methyl/N-ethyl adjacent to an activating group) is 1. The van der Waals surface area contributed by atoms with Crippen molar-refractivity contribution in [3.8, 4) is 0 Å². The first-order valence-electron chi connectivity index (χ1n) is 18.2. The van der Waals surface area contributed by atoms with Gasteiger partial charge in [-0.3, -0.25) is 9.78 Å². The van der Waals surface area contributed by atoms with E-state index in [2.05, 4.69) is 33.9 Å². The Morgan fingerprint density at radius 3 is 2.31 bits per heavy atom. The number of benzene rings is 4.